The molecule has 3 fully saturated rings. The Hall–Kier alpha value is -4.74. The molecule has 2 aromatic heterocycles. The van der Waals surface area contributed by atoms with Crippen molar-refractivity contribution in [2.24, 2.45) is 5.92 Å². The monoisotopic (exact) mass is 806 g/mol. The number of hydrogen-bond donors (Lipinski definition) is 0. The Morgan fingerprint density at radius 2 is 1.66 bits per heavy atom. The van der Waals surface area contributed by atoms with Gasteiger partial charge in [-0.15, -0.1) is 0 Å². The van der Waals surface area contributed by atoms with Gasteiger partial charge in [0.05, 0.1) is 11.7 Å². The molecule has 11 nitrogen and oxygen atoms in total. The van der Waals surface area contributed by atoms with Crippen molar-refractivity contribution in [3.8, 4) is 0 Å². The molecule has 12 heteroatoms. The lowest BCUT2D eigenvalue weighted by molar-refractivity contribution is -0.146. The van der Waals surface area contributed by atoms with Crippen LogP contribution in [0.4, 0.5) is 4.79 Å². The number of piperazine rings is 1. The Morgan fingerprint density at radius 3 is 2.48 bits per heavy atom. The van der Waals surface area contributed by atoms with Crippen LogP contribution in [0.3, 0.4) is 0 Å². The smallest absolute Gasteiger partial charge is 0.410 e. The van der Waals surface area contributed by atoms with Gasteiger partial charge in [-0.1, -0.05) is 66.9 Å². The summed E-state index contributed by atoms with van der Waals surface area (Å²) in [5.74, 6) is 0.818. The second kappa shape index (κ2) is 18.9. The Morgan fingerprint density at radius 1 is 0.862 bits per heavy atom. The first kappa shape index (κ1) is 40.1. The lowest BCUT2D eigenvalue weighted by Gasteiger charge is -2.45. The van der Waals surface area contributed by atoms with Crippen molar-refractivity contribution in [2.45, 2.75) is 115 Å². The van der Waals surface area contributed by atoms with Crippen LogP contribution in [0, 0.1) is 5.92 Å². The lowest BCUT2D eigenvalue weighted by Crippen LogP contribution is -2.62. The standard InChI is InChI=1S/C46H55ClN6O5/c47-37-19-20-39-36(29-37)18-17-35-14-8-21-49-43(35)44(39)51-26-27-53(46(56)58-38-15-6-7-16-38)40(31-51)45(55)52(30-34-12-2-1-3-13-34)24-9-23-50-25-22-48-41(50)32-57-42(54)28-33-10-4-5-11-33/h1-3,8,12-14,19-22,25,29,33,38,40,44H,4-7,9-11,15-18,23-24,26-28,30-32H2/t40-,44+/m1/s1. The first-order valence-electron chi connectivity index (χ1n) is 21.3. The number of fused-ring (bicyclic) bond motifs is 2. The minimum Gasteiger partial charge on any atom is -0.457 e. The number of carbonyl (C=O) groups excluding carboxylic acids is 3. The molecule has 2 amide bonds. The fourth-order valence-electron chi connectivity index (χ4n) is 9.49. The summed E-state index contributed by atoms with van der Waals surface area (Å²) in [6.07, 6.45) is 16.0. The molecule has 0 spiro atoms. The van der Waals surface area contributed by atoms with E-state index in [2.05, 4.69) is 28.1 Å². The largest absolute Gasteiger partial charge is 0.457 e. The van der Waals surface area contributed by atoms with Gasteiger partial charge in [0.25, 0.3) is 0 Å². The molecule has 0 unspecified atom stereocenters. The summed E-state index contributed by atoms with van der Waals surface area (Å²) in [4.78, 5) is 57.2. The third kappa shape index (κ3) is 9.58. The Balaban J connectivity index is 1.04. The van der Waals surface area contributed by atoms with Crippen molar-refractivity contribution in [1.82, 2.24) is 29.2 Å². The zero-order valence-corrected chi connectivity index (χ0v) is 34.1. The van der Waals surface area contributed by atoms with Gasteiger partial charge in [-0.05, 0) is 104 Å². The maximum Gasteiger partial charge on any atom is 0.410 e. The SMILES string of the molecule is O=C(CC1CCCC1)OCc1nccn1CCCN(Cc1ccccc1)C(=O)[C@H]1CN([C@H]2c3ccc(Cl)cc3CCc3cccnc32)CCN1C(=O)OC1CCCC1. The van der Waals surface area contributed by atoms with Crippen LogP contribution in [0.2, 0.25) is 5.02 Å². The fraction of sp³-hybridized carbons (Fsp3) is 0.500. The number of benzene rings is 2. The second-order valence-electron chi connectivity index (χ2n) is 16.4. The molecule has 4 aromatic rings. The lowest BCUT2D eigenvalue weighted by atomic mass is 9.95. The number of ether oxygens (including phenoxy) is 2. The van der Waals surface area contributed by atoms with Crippen LogP contribution in [0.25, 0.3) is 0 Å². The zero-order chi connectivity index (χ0) is 39.8. The van der Waals surface area contributed by atoms with Crippen LogP contribution < -0.4 is 0 Å². The highest BCUT2D eigenvalue weighted by Gasteiger charge is 2.43. The van der Waals surface area contributed by atoms with Crippen molar-refractivity contribution in [3.63, 3.8) is 0 Å². The molecule has 2 aromatic carbocycles. The highest BCUT2D eigenvalue weighted by Crippen LogP contribution is 2.38. The molecule has 3 aliphatic carbocycles. The summed E-state index contributed by atoms with van der Waals surface area (Å²) in [5.41, 5.74) is 5.48. The molecule has 0 radical (unpaired) electrons. The number of imidazole rings is 1. The molecule has 306 valence electrons. The van der Waals surface area contributed by atoms with E-state index in [0.717, 1.165) is 68.2 Å². The minimum absolute atomic E-state index is 0.116. The number of rotatable bonds is 13. The fourth-order valence-corrected chi connectivity index (χ4v) is 9.68. The topological polar surface area (TPSA) is 110 Å². The molecule has 8 rings (SSSR count). The van der Waals surface area contributed by atoms with Crippen LogP contribution in [0.1, 0.15) is 104 Å². The summed E-state index contributed by atoms with van der Waals surface area (Å²) in [6, 6.07) is 19.3. The van der Waals surface area contributed by atoms with E-state index in [9.17, 15) is 9.59 Å². The quantitative estimate of drug-likeness (QED) is 0.125. The van der Waals surface area contributed by atoms with Gasteiger partial charge in [0, 0.05) is 69.3 Å². The predicted molar refractivity (Wildman–Crippen MR) is 221 cm³/mol. The van der Waals surface area contributed by atoms with E-state index in [-0.39, 0.29) is 30.6 Å². The molecule has 4 aliphatic rings. The van der Waals surface area contributed by atoms with E-state index in [1.165, 1.54) is 24.0 Å². The van der Waals surface area contributed by atoms with Crippen molar-refractivity contribution in [2.75, 3.05) is 26.2 Å². The van der Waals surface area contributed by atoms with Gasteiger partial charge in [-0.2, -0.15) is 0 Å². The molecule has 1 saturated heterocycles. The van der Waals surface area contributed by atoms with Crippen LogP contribution >= 0.6 is 11.6 Å². The molecule has 2 saturated carbocycles. The first-order chi connectivity index (χ1) is 28.4. The number of hydrogen-bond acceptors (Lipinski definition) is 8. The van der Waals surface area contributed by atoms with E-state index < -0.39 is 12.1 Å². The molecule has 2 atom stereocenters. The number of esters is 1. The Bertz CT molecular complexity index is 2030. The van der Waals surface area contributed by atoms with E-state index in [1.54, 1.807) is 11.1 Å². The average molecular weight is 807 g/mol. The number of carbonyl (C=O) groups is 3. The number of halogens is 1. The maximum absolute atomic E-state index is 15.2. The van der Waals surface area contributed by atoms with Crippen molar-refractivity contribution in [3.05, 3.63) is 118 Å². The molecule has 0 N–H and O–H groups in total. The van der Waals surface area contributed by atoms with Crippen molar-refractivity contribution in [1.29, 1.82) is 0 Å². The zero-order valence-electron chi connectivity index (χ0n) is 33.4. The molecular weight excluding hydrogens is 752 g/mol. The highest BCUT2D eigenvalue weighted by atomic mass is 35.5. The summed E-state index contributed by atoms with van der Waals surface area (Å²) in [7, 11) is 0. The van der Waals surface area contributed by atoms with Gasteiger partial charge in [0.1, 0.15) is 24.6 Å². The van der Waals surface area contributed by atoms with E-state index in [1.807, 2.05) is 64.3 Å². The molecule has 0 bridgehead atoms. The van der Waals surface area contributed by atoms with Gasteiger partial charge in [0.15, 0.2) is 0 Å². The average Bonchev–Trinajstić information content (AvgIpc) is 4.03. The predicted octanol–water partition coefficient (Wildman–Crippen LogP) is 7.93. The number of aryl methyl sites for hydroxylation is 3. The summed E-state index contributed by atoms with van der Waals surface area (Å²) in [5, 5.41) is 0.698. The minimum atomic E-state index is -0.777. The normalized spacial score (nSPS) is 20.0. The van der Waals surface area contributed by atoms with Gasteiger partial charge in [0.2, 0.25) is 5.91 Å². The van der Waals surface area contributed by atoms with Gasteiger partial charge in [-0.3, -0.25) is 24.4 Å². The van der Waals surface area contributed by atoms with Crippen LogP contribution in [0.5, 0.6) is 0 Å². The third-order valence-corrected chi connectivity index (χ3v) is 12.8. The molecule has 1 aliphatic heterocycles. The maximum atomic E-state index is 15.2. The summed E-state index contributed by atoms with van der Waals surface area (Å²) >= 11 is 6.54. The second-order valence-corrected chi connectivity index (χ2v) is 16.9. The van der Waals surface area contributed by atoms with E-state index >= 15 is 4.79 Å². The van der Waals surface area contributed by atoms with Gasteiger partial charge >= 0.3 is 12.1 Å². The van der Waals surface area contributed by atoms with Gasteiger partial charge < -0.3 is 18.9 Å². The van der Waals surface area contributed by atoms with E-state index in [0.29, 0.717) is 68.9 Å². The number of pyridine rings is 1. The van der Waals surface area contributed by atoms with E-state index in [4.69, 9.17) is 26.1 Å². The number of amides is 2. The van der Waals surface area contributed by atoms with Crippen LogP contribution in [-0.2, 0) is 51.6 Å². The molecular formula is C46H55ClN6O5. The molecule has 58 heavy (non-hydrogen) atoms. The van der Waals surface area contributed by atoms with Crippen LogP contribution in [-0.4, -0.2) is 85.5 Å². The first-order valence-corrected chi connectivity index (χ1v) is 21.7. The molecule has 3 heterocycles. The van der Waals surface area contributed by atoms with Crippen molar-refractivity contribution >= 4 is 29.6 Å². The summed E-state index contributed by atoms with van der Waals surface area (Å²) in [6.45, 7) is 2.78. The number of aromatic nitrogens is 3. The van der Waals surface area contributed by atoms with Crippen LogP contribution in [0.15, 0.2) is 79.3 Å². The highest BCUT2D eigenvalue weighted by molar-refractivity contribution is 6.30. The number of nitrogens with zero attached hydrogens (tertiary/aromatic N) is 6. The van der Waals surface area contributed by atoms with Gasteiger partial charge in [-0.25, -0.2) is 9.78 Å². The third-order valence-electron chi connectivity index (χ3n) is 12.6. The summed E-state index contributed by atoms with van der Waals surface area (Å²) < 4.78 is 13.8. The Kier molecular flexibility index (Phi) is 13.0. The van der Waals surface area contributed by atoms with Crippen molar-refractivity contribution < 1.29 is 23.9 Å². The Labute approximate surface area is 346 Å².